The number of aryl methyl sites for hydroxylation is 2. The van der Waals surface area contributed by atoms with Gasteiger partial charge in [0.25, 0.3) is 0 Å². The average Bonchev–Trinajstić information content (AvgIpc) is 2.79. The molecular formula is C14H18N4. The summed E-state index contributed by atoms with van der Waals surface area (Å²) in [5, 5.41) is 0. The standard InChI is InChI=1S/C14H18N4/c1-17-8-9-18-10-13(16-14(18)11-17)3-2-12-4-6-15-7-5-12/h4-7,10H,2-3,8-9,11H2,1H3. The van der Waals surface area contributed by atoms with E-state index in [1.807, 2.05) is 12.4 Å². The van der Waals surface area contributed by atoms with E-state index in [2.05, 4.69) is 39.8 Å². The van der Waals surface area contributed by atoms with Crippen molar-refractivity contribution >= 4 is 0 Å². The predicted octanol–water partition coefficient (Wildman–Crippen LogP) is 1.51. The van der Waals surface area contributed by atoms with Crippen molar-refractivity contribution in [2.24, 2.45) is 0 Å². The smallest absolute Gasteiger partial charge is 0.123 e. The molecular weight excluding hydrogens is 224 g/mol. The van der Waals surface area contributed by atoms with Gasteiger partial charge in [0, 0.05) is 31.7 Å². The molecule has 0 radical (unpaired) electrons. The third-order valence-corrected chi connectivity index (χ3v) is 3.46. The molecule has 0 atom stereocenters. The third kappa shape index (κ3) is 2.43. The van der Waals surface area contributed by atoms with E-state index in [9.17, 15) is 0 Å². The molecule has 3 heterocycles. The van der Waals surface area contributed by atoms with E-state index in [0.29, 0.717) is 0 Å². The molecule has 3 rings (SSSR count). The molecule has 0 spiro atoms. The number of pyridine rings is 1. The number of aromatic nitrogens is 3. The molecule has 0 amide bonds. The number of rotatable bonds is 3. The van der Waals surface area contributed by atoms with Crippen LogP contribution in [0.25, 0.3) is 0 Å². The lowest BCUT2D eigenvalue weighted by Gasteiger charge is -2.22. The lowest BCUT2D eigenvalue weighted by atomic mass is 10.1. The zero-order valence-electron chi connectivity index (χ0n) is 10.7. The molecule has 0 N–H and O–H groups in total. The Bertz CT molecular complexity index is 518. The highest BCUT2D eigenvalue weighted by molar-refractivity contribution is 5.13. The van der Waals surface area contributed by atoms with Crippen LogP contribution in [0, 0.1) is 0 Å². The molecule has 2 aromatic rings. The minimum Gasteiger partial charge on any atom is -0.332 e. The number of hydrogen-bond donors (Lipinski definition) is 0. The van der Waals surface area contributed by atoms with Crippen LogP contribution in [-0.4, -0.2) is 33.0 Å². The highest BCUT2D eigenvalue weighted by atomic mass is 15.2. The zero-order chi connectivity index (χ0) is 12.4. The molecule has 0 bridgehead atoms. The van der Waals surface area contributed by atoms with Crippen molar-refractivity contribution in [1.82, 2.24) is 19.4 Å². The Labute approximate surface area is 107 Å². The Morgan fingerprint density at radius 2 is 2.00 bits per heavy atom. The highest BCUT2D eigenvalue weighted by Crippen LogP contribution is 2.13. The van der Waals surface area contributed by atoms with Crippen molar-refractivity contribution in [1.29, 1.82) is 0 Å². The van der Waals surface area contributed by atoms with Crippen LogP contribution in [0.15, 0.2) is 30.7 Å². The van der Waals surface area contributed by atoms with Gasteiger partial charge in [-0.1, -0.05) is 0 Å². The molecule has 0 aliphatic carbocycles. The lowest BCUT2D eigenvalue weighted by molar-refractivity contribution is 0.264. The van der Waals surface area contributed by atoms with Gasteiger partial charge in [-0.3, -0.25) is 9.88 Å². The fourth-order valence-corrected chi connectivity index (χ4v) is 2.37. The summed E-state index contributed by atoms with van der Waals surface area (Å²) < 4.78 is 2.29. The molecule has 4 heteroatoms. The molecule has 4 nitrogen and oxygen atoms in total. The molecule has 0 saturated carbocycles. The van der Waals surface area contributed by atoms with Crippen LogP contribution in [0.5, 0.6) is 0 Å². The Kier molecular flexibility index (Phi) is 3.11. The maximum Gasteiger partial charge on any atom is 0.123 e. The van der Waals surface area contributed by atoms with Crippen LogP contribution < -0.4 is 0 Å². The summed E-state index contributed by atoms with van der Waals surface area (Å²) in [6.45, 7) is 3.15. The van der Waals surface area contributed by atoms with Gasteiger partial charge < -0.3 is 4.57 Å². The van der Waals surface area contributed by atoms with E-state index in [4.69, 9.17) is 4.98 Å². The van der Waals surface area contributed by atoms with E-state index < -0.39 is 0 Å². The van der Waals surface area contributed by atoms with Gasteiger partial charge in [-0.05, 0) is 37.6 Å². The van der Waals surface area contributed by atoms with Crippen molar-refractivity contribution in [2.45, 2.75) is 25.9 Å². The van der Waals surface area contributed by atoms with Gasteiger partial charge in [0.05, 0.1) is 12.2 Å². The quantitative estimate of drug-likeness (QED) is 0.818. The second kappa shape index (κ2) is 4.90. The molecule has 18 heavy (non-hydrogen) atoms. The largest absolute Gasteiger partial charge is 0.332 e. The number of imidazole rings is 1. The lowest BCUT2D eigenvalue weighted by Crippen LogP contribution is -2.30. The first-order chi connectivity index (χ1) is 8.81. The van der Waals surface area contributed by atoms with Crippen LogP contribution in [-0.2, 0) is 25.9 Å². The van der Waals surface area contributed by atoms with Gasteiger partial charge >= 0.3 is 0 Å². The van der Waals surface area contributed by atoms with E-state index in [0.717, 1.165) is 32.5 Å². The first-order valence-electron chi connectivity index (χ1n) is 6.43. The van der Waals surface area contributed by atoms with Gasteiger partial charge in [-0.25, -0.2) is 4.98 Å². The highest BCUT2D eigenvalue weighted by Gasteiger charge is 2.15. The van der Waals surface area contributed by atoms with Crippen molar-refractivity contribution < 1.29 is 0 Å². The fraction of sp³-hybridized carbons (Fsp3) is 0.429. The Morgan fingerprint density at radius 1 is 1.17 bits per heavy atom. The zero-order valence-corrected chi connectivity index (χ0v) is 10.7. The van der Waals surface area contributed by atoms with E-state index in [-0.39, 0.29) is 0 Å². The van der Waals surface area contributed by atoms with Gasteiger partial charge in [-0.2, -0.15) is 0 Å². The van der Waals surface area contributed by atoms with E-state index in [1.54, 1.807) is 0 Å². The maximum absolute atomic E-state index is 4.72. The molecule has 0 aromatic carbocycles. The van der Waals surface area contributed by atoms with Gasteiger partial charge in [0.2, 0.25) is 0 Å². The summed E-state index contributed by atoms with van der Waals surface area (Å²) in [5.41, 5.74) is 2.53. The summed E-state index contributed by atoms with van der Waals surface area (Å²) in [6.07, 6.45) is 7.96. The van der Waals surface area contributed by atoms with Crippen LogP contribution >= 0.6 is 0 Å². The second-order valence-electron chi connectivity index (χ2n) is 4.94. The predicted molar refractivity (Wildman–Crippen MR) is 70.2 cm³/mol. The van der Waals surface area contributed by atoms with Crippen molar-refractivity contribution in [3.05, 3.63) is 47.8 Å². The van der Waals surface area contributed by atoms with Gasteiger partial charge in [0.15, 0.2) is 0 Å². The topological polar surface area (TPSA) is 34.0 Å². The average molecular weight is 242 g/mol. The summed E-state index contributed by atoms with van der Waals surface area (Å²) in [4.78, 5) is 11.1. The van der Waals surface area contributed by atoms with Crippen LogP contribution in [0.3, 0.4) is 0 Å². The molecule has 0 fully saturated rings. The Hall–Kier alpha value is -1.68. The van der Waals surface area contributed by atoms with Crippen molar-refractivity contribution in [3.8, 4) is 0 Å². The first kappa shape index (κ1) is 11.4. The molecule has 94 valence electrons. The Balaban J connectivity index is 1.67. The van der Waals surface area contributed by atoms with E-state index >= 15 is 0 Å². The fourth-order valence-electron chi connectivity index (χ4n) is 2.37. The number of hydrogen-bond acceptors (Lipinski definition) is 3. The molecule has 0 saturated heterocycles. The summed E-state index contributed by atoms with van der Waals surface area (Å²) in [6, 6.07) is 4.15. The molecule has 2 aromatic heterocycles. The van der Waals surface area contributed by atoms with Crippen LogP contribution in [0.4, 0.5) is 0 Å². The summed E-state index contributed by atoms with van der Waals surface area (Å²) in [5.74, 6) is 1.20. The monoisotopic (exact) mass is 242 g/mol. The maximum atomic E-state index is 4.72. The SMILES string of the molecule is CN1CCn2cc(CCc3ccncc3)nc2C1. The number of nitrogens with zero attached hydrogens (tertiary/aromatic N) is 4. The first-order valence-corrected chi connectivity index (χ1v) is 6.43. The molecule has 0 unspecified atom stereocenters. The number of likely N-dealkylation sites (N-methyl/N-ethyl adjacent to an activating group) is 1. The van der Waals surface area contributed by atoms with Crippen LogP contribution in [0.2, 0.25) is 0 Å². The third-order valence-electron chi connectivity index (χ3n) is 3.46. The summed E-state index contributed by atoms with van der Waals surface area (Å²) in [7, 11) is 2.15. The second-order valence-corrected chi connectivity index (χ2v) is 4.94. The number of fused-ring (bicyclic) bond motifs is 1. The van der Waals surface area contributed by atoms with Crippen LogP contribution in [0.1, 0.15) is 17.1 Å². The van der Waals surface area contributed by atoms with Crippen molar-refractivity contribution in [3.63, 3.8) is 0 Å². The minimum absolute atomic E-state index is 0.968. The normalized spacial score (nSPS) is 15.6. The van der Waals surface area contributed by atoms with Crippen molar-refractivity contribution in [2.75, 3.05) is 13.6 Å². The van der Waals surface area contributed by atoms with E-state index in [1.165, 1.54) is 17.1 Å². The summed E-state index contributed by atoms with van der Waals surface area (Å²) >= 11 is 0. The minimum atomic E-state index is 0.968. The molecule has 1 aliphatic rings. The van der Waals surface area contributed by atoms with Gasteiger partial charge in [-0.15, -0.1) is 0 Å². The van der Waals surface area contributed by atoms with Gasteiger partial charge in [0.1, 0.15) is 5.82 Å². The molecule has 1 aliphatic heterocycles. The Morgan fingerprint density at radius 3 is 2.83 bits per heavy atom.